The lowest BCUT2D eigenvalue weighted by Gasteiger charge is -2.24. The highest BCUT2D eigenvalue weighted by Gasteiger charge is 2.21. The zero-order chi connectivity index (χ0) is 14.8. The van der Waals surface area contributed by atoms with Crippen LogP contribution < -0.4 is 0 Å². The Balaban J connectivity index is 2.04. The van der Waals surface area contributed by atoms with E-state index in [0.717, 1.165) is 25.6 Å². The molecule has 3 heteroatoms. The van der Waals surface area contributed by atoms with Crippen LogP contribution in [0, 0.1) is 0 Å². The number of rotatable bonds is 2. The fraction of sp³-hybridized carbons (Fsp3) is 0.333. The highest BCUT2D eigenvalue weighted by Crippen LogP contribution is 2.43. The number of aromatic hydroxyl groups is 1. The van der Waals surface area contributed by atoms with Gasteiger partial charge < -0.3 is 5.11 Å². The van der Waals surface area contributed by atoms with Gasteiger partial charge in [-0.1, -0.05) is 63.3 Å². The van der Waals surface area contributed by atoms with Crippen LogP contribution in [0.25, 0.3) is 11.1 Å². The van der Waals surface area contributed by atoms with Gasteiger partial charge in [0.1, 0.15) is 5.75 Å². The second kappa shape index (κ2) is 6.53. The molecule has 0 aliphatic heterocycles. The van der Waals surface area contributed by atoms with Gasteiger partial charge in [0.2, 0.25) is 0 Å². The fourth-order valence-electron chi connectivity index (χ4n) is 3.19. The summed E-state index contributed by atoms with van der Waals surface area (Å²) in [6, 6.07) is 12.2. The van der Waals surface area contributed by atoms with E-state index in [1.165, 1.54) is 32.1 Å². The van der Waals surface area contributed by atoms with Gasteiger partial charge in [-0.2, -0.15) is 0 Å². The Morgan fingerprint density at radius 3 is 2.19 bits per heavy atom. The first kappa shape index (κ1) is 15.1. The maximum Gasteiger partial charge on any atom is 0.126 e. The molecule has 0 saturated heterocycles. The van der Waals surface area contributed by atoms with Crippen LogP contribution in [-0.2, 0) is 0 Å². The van der Waals surface area contributed by atoms with Gasteiger partial charge >= 0.3 is 0 Å². The summed E-state index contributed by atoms with van der Waals surface area (Å²) in [7, 11) is 0. The van der Waals surface area contributed by atoms with E-state index >= 15 is 0 Å². The third-order valence-corrected chi connectivity index (χ3v) is 5.29. The minimum absolute atomic E-state index is 0.451. The lowest BCUT2D eigenvalue weighted by atomic mass is 9.82. The fourth-order valence-corrected chi connectivity index (χ4v) is 3.93. The molecule has 0 amide bonds. The predicted octanol–water partition coefficient (Wildman–Crippen LogP) is 6.63. The molecule has 1 saturated carbocycles. The van der Waals surface area contributed by atoms with Crippen molar-refractivity contribution < 1.29 is 5.11 Å². The summed E-state index contributed by atoms with van der Waals surface area (Å²) in [6.07, 6.45) is 6.23. The van der Waals surface area contributed by atoms with Gasteiger partial charge in [0, 0.05) is 14.5 Å². The zero-order valence-corrected chi connectivity index (χ0v) is 15.0. The van der Waals surface area contributed by atoms with Crippen molar-refractivity contribution in [1.82, 2.24) is 0 Å². The number of benzene rings is 2. The second-order valence-corrected chi connectivity index (χ2v) is 7.56. The monoisotopic (exact) mass is 408 g/mol. The molecule has 0 aromatic heterocycles. The number of phenols is 1. The molecule has 110 valence electrons. The SMILES string of the molecule is Oc1c(-c2ccc(Br)cc2)cc(Br)cc1C1CCCCC1. The van der Waals surface area contributed by atoms with Gasteiger partial charge in [-0.15, -0.1) is 0 Å². The first-order valence-electron chi connectivity index (χ1n) is 7.43. The van der Waals surface area contributed by atoms with Crippen LogP contribution in [0.1, 0.15) is 43.6 Å². The maximum atomic E-state index is 10.8. The highest BCUT2D eigenvalue weighted by molar-refractivity contribution is 9.10. The third-order valence-electron chi connectivity index (χ3n) is 4.30. The molecule has 1 fully saturated rings. The van der Waals surface area contributed by atoms with Gasteiger partial charge in [0.15, 0.2) is 0 Å². The lowest BCUT2D eigenvalue weighted by molar-refractivity contribution is 0.415. The Bertz CT molecular complexity index is 628. The van der Waals surface area contributed by atoms with Crippen molar-refractivity contribution in [2.75, 3.05) is 0 Å². The smallest absolute Gasteiger partial charge is 0.126 e. The van der Waals surface area contributed by atoms with E-state index in [9.17, 15) is 5.11 Å². The molecule has 1 aliphatic rings. The molecule has 0 spiro atoms. The topological polar surface area (TPSA) is 20.2 Å². The van der Waals surface area contributed by atoms with Gasteiger partial charge in [-0.25, -0.2) is 0 Å². The normalized spacial score (nSPS) is 16.1. The van der Waals surface area contributed by atoms with Crippen LogP contribution in [0.5, 0.6) is 5.75 Å². The van der Waals surface area contributed by atoms with Gasteiger partial charge in [-0.05, 0) is 54.2 Å². The lowest BCUT2D eigenvalue weighted by Crippen LogP contribution is -2.05. The number of hydrogen-bond acceptors (Lipinski definition) is 1. The molecule has 0 atom stereocenters. The molecule has 2 aromatic carbocycles. The Morgan fingerprint density at radius 1 is 0.857 bits per heavy atom. The predicted molar refractivity (Wildman–Crippen MR) is 94.8 cm³/mol. The molecule has 21 heavy (non-hydrogen) atoms. The van der Waals surface area contributed by atoms with E-state index in [1.807, 2.05) is 30.3 Å². The largest absolute Gasteiger partial charge is 0.507 e. The van der Waals surface area contributed by atoms with E-state index in [-0.39, 0.29) is 0 Å². The molecule has 1 aliphatic carbocycles. The van der Waals surface area contributed by atoms with Gasteiger partial charge in [0.25, 0.3) is 0 Å². The Kier molecular flexibility index (Phi) is 4.70. The van der Waals surface area contributed by atoms with Crippen molar-refractivity contribution in [2.24, 2.45) is 0 Å². The first-order chi connectivity index (χ1) is 10.1. The molecule has 0 heterocycles. The van der Waals surface area contributed by atoms with Crippen LogP contribution >= 0.6 is 31.9 Å². The van der Waals surface area contributed by atoms with Crippen molar-refractivity contribution >= 4 is 31.9 Å². The molecule has 0 radical (unpaired) electrons. The molecule has 1 N–H and O–H groups in total. The molecular weight excluding hydrogens is 392 g/mol. The molecule has 0 bridgehead atoms. The van der Waals surface area contributed by atoms with Gasteiger partial charge in [-0.3, -0.25) is 0 Å². The van der Waals surface area contributed by atoms with Crippen LogP contribution in [0.4, 0.5) is 0 Å². The van der Waals surface area contributed by atoms with Crippen LogP contribution in [-0.4, -0.2) is 5.11 Å². The van der Waals surface area contributed by atoms with E-state index in [2.05, 4.69) is 37.9 Å². The Hall–Kier alpha value is -0.800. The minimum atomic E-state index is 0.451. The average Bonchev–Trinajstić information content (AvgIpc) is 2.51. The van der Waals surface area contributed by atoms with E-state index < -0.39 is 0 Å². The van der Waals surface area contributed by atoms with E-state index in [0.29, 0.717) is 11.7 Å². The summed E-state index contributed by atoms with van der Waals surface area (Å²) in [6.45, 7) is 0. The number of halogens is 2. The zero-order valence-electron chi connectivity index (χ0n) is 11.8. The molecule has 3 rings (SSSR count). The first-order valence-corrected chi connectivity index (χ1v) is 9.02. The quantitative estimate of drug-likeness (QED) is 0.589. The van der Waals surface area contributed by atoms with Crippen LogP contribution in [0.15, 0.2) is 45.3 Å². The van der Waals surface area contributed by atoms with Crippen molar-refractivity contribution in [3.05, 3.63) is 50.9 Å². The molecular formula is C18H18Br2O. The van der Waals surface area contributed by atoms with Crippen LogP contribution in [0.3, 0.4) is 0 Å². The van der Waals surface area contributed by atoms with Crippen molar-refractivity contribution in [3.63, 3.8) is 0 Å². The molecule has 0 unspecified atom stereocenters. The summed E-state index contributed by atoms with van der Waals surface area (Å²) in [5.41, 5.74) is 3.06. The minimum Gasteiger partial charge on any atom is -0.507 e. The number of hydrogen-bond donors (Lipinski definition) is 1. The highest BCUT2D eigenvalue weighted by atomic mass is 79.9. The third kappa shape index (κ3) is 3.35. The summed E-state index contributed by atoms with van der Waals surface area (Å²) < 4.78 is 2.09. The van der Waals surface area contributed by atoms with Crippen molar-refractivity contribution in [3.8, 4) is 16.9 Å². The molecule has 1 nitrogen and oxygen atoms in total. The standard InChI is InChI=1S/C18H18Br2O/c19-14-8-6-13(7-9-14)17-11-15(20)10-16(18(17)21)12-4-2-1-3-5-12/h6-12,21H,1-5H2. The second-order valence-electron chi connectivity index (χ2n) is 5.73. The Labute approximate surface area is 142 Å². The van der Waals surface area contributed by atoms with Crippen LogP contribution in [0.2, 0.25) is 0 Å². The van der Waals surface area contributed by atoms with E-state index in [1.54, 1.807) is 0 Å². The Morgan fingerprint density at radius 2 is 1.52 bits per heavy atom. The summed E-state index contributed by atoms with van der Waals surface area (Å²) in [4.78, 5) is 0. The summed E-state index contributed by atoms with van der Waals surface area (Å²) >= 11 is 7.06. The van der Waals surface area contributed by atoms with Crippen molar-refractivity contribution in [2.45, 2.75) is 38.0 Å². The number of phenolic OH excluding ortho intramolecular Hbond substituents is 1. The summed E-state index contributed by atoms with van der Waals surface area (Å²) in [5, 5.41) is 10.8. The van der Waals surface area contributed by atoms with E-state index in [4.69, 9.17) is 0 Å². The van der Waals surface area contributed by atoms with Crippen molar-refractivity contribution in [1.29, 1.82) is 0 Å². The van der Waals surface area contributed by atoms with Gasteiger partial charge in [0.05, 0.1) is 0 Å². The maximum absolute atomic E-state index is 10.8. The summed E-state index contributed by atoms with van der Waals surface area (Å²) in [5.74, 6) is 0.942. The average molecular weight is 410 g/mol. The molecule has 2 aromatic rings.